The molecule has 0 unspecified atom stereocenters. The van der Waals surface area contributed by atoms with Crippen molar-refractivity contribution < 1.29 is 23.1 Å². The van der Waals surface area contributed by atoms with Crippen LogP contribution in [-0.4, -0.2) is 11.8 Å². The topological polar surface area (TPSA) is 55.4 Å². The molecule has 1 aliphatic carbocycles. The smallest absolute Gasteiger partial charge is 0.345 e. The van der Waals surface area contributed by atoms with Crippen molar-refractivity contribution in [2.45, 2.75) is 32.7 Å². The first-order valence-electron chi connectivity index (χ1n) is 12.6. The van der Waals surface area contributed by atoms with E-state index >= 15 is 0 Å². The fraction of sp³-hybridized carbons (Fsp3) is 0.188. The van der Waals surface area contributed by atoms with E-state index in [4.69, 9.17) is 16.3 Å². The number of carbonyl (C=O) groups excluding carboxylic acids is 2. The van der Waals surface area contributed by atoms with Gasteiger partial charge in [-0.15, -0.1) is 0 Å². The van der Waals surface area contributed by atoms with E-state index in [1.807, 2.05) is 12.1 Å². The average Bonchev–Trinajstić information content (AvgIpc) is 2.89. The Morgan fingerprint density at radius 3 is 2.46 bits per heavy atom. The summed E-state index contributed by atoms with van der Waals surface area (Å²) in [5, 5.41) is 5.57. The molecule has 0 spiro atoms. The highest BCUT2D eigenvalue weighted by molar-refractivity contribution is 6.33. The minimum atomic E-state index is -1.19. The number of hydrogen-bond acceptors (Lipinski definition) is 4. The van der Waals surface area contributed by atoms with Gasteiger partial charge in [0.2, 0.25) is 0 Å². The Hall–Kier alpha value is -4.03. The first-order chi connectivity index (χ1) is 18.6. The van der Waals surface area contributed by atoms with Gasteiger partial charge < -0.3 is 10.1 Å². The highest BCUT2D eigenvalue weighted by Crippen LogP contribution is 2.52. The summed E-state index contributed by atoms with van der Waals surface area (Å²) in [6.07, 6.45) is 1.23. The average molecular weight is 544 g/mol. The normalized spacial score (nSPS) is 17.9. The number of esters is 1. The molecule has 0 aromatic heterocycles. The van der Waals surface area contributed by atoms with E-state index in [-0.39, 0.29) is 33.6 Å². The molecule has 0 saturated carbocycles. The van der Waals surface area contributed by atoms with Gasteiger partial charge in [0.15, 0.2) is 17.4 Å². The summed E-state index contributed by atoms with van der Waals surface area (Å²) in [6, 6.07) is 20.2. The summed E-state index contributed by atoms with van der Waals surface area (Å²) in [5.41, 5.74) is 4.26. The van der Waals surface area contributed by atoms with Crippen LogP contribution in [0.3, 0.4) is 0 Å². The van der Waals surface area contributed by atoms with Gasteiger partial charge in [0.1, 0.15) is 5.75 Å². The molecule has 196 valence electrons. The maximum Gasteiger partial charge on any atom is 0.345 e. The Morgan fingerprint density at radius 1 is 0.974 bits per heavy atom. The lowest BCUT2D eigenvalue weighted by Crippen LogP contribution is -2.33. The molecule has 0 saturated heterocycles. The molecule has 0 radical (unpaired) electrons. The maximum absolute atomic E-state index is 13.6. The van der Waals surface area contributed by atoms with E-state index in [1.165, 1.54) is 0 Å². The number of benzene rings is 4. The van der Waals surface area contributed by atoms with Gasteiger partial charge in [-0.1, -0.05) is 67.9 Å². The number of ether oxygens (including phenoxy) is 1. The van der Waals surface area contributed by atoms with E-state index < -0.39 is 17.6 Å². The number of rotatable bonds is 3. The predicted octanol–water partition coefficient (Wildman–Crippen LogP) is 8.30. The molecule has 1 atom stereocenters. The van der Waals surface area contributed by atoms with Gasteiger partial charge in [-0.3, -0.25) is 4.79 Å². The van der Waals surface area contributed by atoms with Crippen molar-refractivity contribution in [3.05, 3.63) is 112 Å². The molecule has 4 nitrogen and oxygen atoms in total. The molecule has 1 N–H and O–H groups in total. The zero-order valence-electron chi connectivity index (χ0n) is 21.3. The van der Waals surface area contributed by atoms with Crippen LogP contribution in [0.15, 0.2) is 78.4 Å². The quantitative estimate of drug-likeness (QED) is 0.160. The van der Waals surface area contributed by atoms with Gasteiger partial charge in [-0.25, -0.2) is 13.6 Å². The van der Waals surface area contributed by atoms with Gasteiger partial charge >= 0.3 is 5.97 Å². The first kappa shape index (κ1) is 25.3. The monoisotopic (exact) mass is 543 g/mol. The van der Waals surface area contributed by atoms with Crippen LogP contribution in [0.25, 0.3) is 16.3 Å². The molecule has 0 bridgehead atoms. The summed E-state index contributed by atoms with van der Waals surface area (Å²) in [5.74, 6) is -2.93. The molecule has 7 heteroatoms. The van der Waals surface area contributed by atoms with E-state index in [0.29, 0.717) is 12.5 Å². The van der Waals surface area contributed by atoms with Crippen molar-refractivity contribution in [1.82, 2.24) is 0 Å². The lowest BCUT2D eigenvalue weighted by molar-refractivity contribution is -0.118. The number of halogens is 3. The van der Waals surface area contributed by atoms with Crippen molar-refractivity contribution >= 4 is 45.4 Å². The second-order valence-corrected chi connectivity index (χ2v) is 11.2. The van der Waals surface area contributed by atoms with Gasteiger partial charge in [0, 0.05) is 23.2 Å². The van der Waals surface area contributed by atoms with Crippen LogP contribution in [0.5, 0.6) is 5.75 Å². The number of hydrogen-bond donors (Lipinski definition) is 1. The number of allylic oxidation sites excluding steroid dienone is 1. The van der Waals surface area contributed by atoms with Crippen molar-refractivity contribution in [2.75, 3.05) is 5.32 Å². The molecule has 0 fully saturated rings. The molecule has 4 aromatic carbocycles. The molecular weight excluding hydrogens is 520 g/mol. The van der Waals surface area contributed by atoms with Gasteiger partial charge in [0.05, 0.1) is 16.6 Å². The van der Waals surface area contributed by atoms with Crippen LogP contribution < -0.4 is 10.1 Å². The second-order valence-electron chi connectivity index (χ2n) is 10.8. The zero-order valence-corrected chi connectivity index (χ0v) is 22.0. The first-order valence-corrected chi connectivity index (χ1v) is 13.0. The molecule has 0 amide bonds. The number of nitrogens with one attached hydrogen (secondary N) is 1. The third kappa shape index (κ3) is 4.49. The maximum atomic E-state index is 13.6. The summed E-state index contributed by atoms with van der Waals surface area (Å²) >= 11 is 5.91. The Bertz CT molecular complexity index is 1710. The molecule has 4 aromatic rings. The van der Waals surface area contributed by atoms with Crippen LogP contribution in [0.4, 0.5) is 14.5 Å². The highest BCUT2D eigenvalue weighted by atomic mass is 35.5. The molecular formula is C32H24ClF2NO3. The van der Waals surface area contributed by atoms with Crippen molar-refractivity contribution in [1.29, 1.82) is 0 Å². The van der Waals surface area contributed by atoms with Crippen LogP contribution >= 0.6 is 11.6 Å². The molecule has 39 heavy (non-hydrogen) atoms. The molecule has 1 aliphatic heterocycles. The van der Waals surface area contributed by atoms with Crippen LogP contribution in [0.1, 0.15) is 54.2 Å². The summed E-state index contributed by atoms with van der Waals surface area (Å²) in [6.45, 7) is 4.25. The zero-order chi connectivity index (χ0) is 27.5. The number of anilines is 1. The van der Waals surface area contributed by atoms with Crippen LogP contribution in [-0.2, 0) is 4.79 Å². The third-order valence-corrected chi connectivity index (χ3v) is 7.71. The SMILES string of the molecule is CC1(C)CC(=O)C2=C(C1)c1c(ccc3ccccc13)N[C@H]2c1ccc(OC(=O)c2cc(F)c(F)cc2Cl)cc1. The standard InChI is InChI=1S/C32H24ClF2NO3/c1-32(2)15-22-28-20-6-4-3-5-17(20)9-12-26(28)36-30(29(22)27(37)16-32)18-7-10-19(11-8-18)39-31(38)21-13-24(34)25(35)14-23(21)33/h3-14,30,36H,15-16H2,1-2H3/t30-/m0/s1. The van der Waals surface area contributed by atoms with Crippen molar-refractivity contribution in [3.63, 3.8) is 0 Å². The fourth-order valence-corrected chi connectivity index (χ4v) is 5.88. The number of carbonyl (C=O) groups is 2. The Kier molecular flexibility index (Phi) is 6.03. The van der Waals surface area contributed by atoms with E-state index in [2.05, 4.69) is 43.4 Å². The van der Waals surface area contributed by atoms with E-state index in [1.54, 1.807) is 24.3 Å². The Balaban J connectivity index is 1.36. The number of ketones is 1. The highest BCUT2D eigenvalue weighted by Gasteiger charge is 2.40. The Labute approximate surface area is 229 Å². The summed E-state index contributed by atoms with van der Waals surface area (Å²) in [4.78, 5) is 26.2. The van der Waals surface area contributed by atoms with Gasteiger partial charge in [-0.05, 0) is 64.1 Å². The summed E-state index contributed by atoms with van der Waals surface area (Å²) < 4.78 is 32.4. The lowest BCUT2D eigenvalue weighted by Gasteiger charge is -2.40. The minimum Gasteiger partial charge on any atom is -0.423 e. The van der Waals surface area contributed by atoms with Gasteiger partial charge in [-0.2, -0.15) is 0 Å². The van der Waals surface area contributed by atoms with Crippen molar-refractivity contribution in [2.24, 2.45) is 5.41 Å². The van der Waals surface area contributed by atoms with Crippen molar-refractivity contribution in [3.8, 4) is 5.75 Å². The fourth-order valence-electron chi connectivity index (χ4n) is 5.66. The third-order valence-electron chi connectivity index (χ3n) is 7.39. The van der Waals surface area contributed by atoms with Crippen LogP contribution in [0.2, 0.25) is 5.02 Å². The van der Waals surface area contributed by atoms with Gasteiger partial charge in [0.25, 0.3) is 0 Å². The molecule has 6 rings (SSSR count). The lowest BCUT2D eigenvalue weighted by atomic mass is 9.68. The number of fused-ring (bicyclic) bond motifs is 4. The number of Topliss-reactive ketones (excluding diaryl/α,β-unsaturated/α-hetero) is 1. The Morgan fingerprint density at radius 2 is 1.69 bits per heavy atom. The molecule has 2 aliphatic rings. The molecule has 1 heterocycles. The van der Waals surface area contributed by atoms with E-state index in [9.17, 15) is 18.4 Å². The predicted molar refractivity (Wildman–Crippen MR) is 148 cm³/mol. The largest absolute Gasteiger partial charge is 0.423 e. The summed E-state index contributed by atoms with van der Waals surface area (Å²) in [7, 11) is 0. The van der Waals surface area contributed by atoms with E-state index in [0.717, 1.165) is 51.2 Å². The second kappa shape index (κ2) is 9.31. The van der Waals surface area contributed by atoms with Crippen LogP contribution in [0, 0.1) is 17.0 Å². The minimum absolute atomic E-state index is 0.112.